The summed E-state index contributed by atoms with van der Waals surface area (Å²) in [4.78, 5) is 3.64. The number of nitrogens with one attached hydrogen (secondary N) is 1. The maximum atomic E-state index is 3.64. The predicted molar refractivity (Wildman–Crippen MR) is 103 cm³/mol. The van der Waals surface area contributed by atoms with E-state index in [-0.39, 0.29) is 0 Å². The smallest absolute Gasteiger partial charge is 0.0550 e. The Morgan fingerprint density at radius 3 is 2.25 bits per heavy atom. The molecule has 114 valence electrons. The Bertz CT molecular complexity index is 1190. The Morgan fingerprint density at radius 1 is 0.708 bits per heavy atom. The highest BCUT2D eigenvalue weighted by Crippen LogP contribution is 2.39. The average Bonchev–Trinajstić information content (AvgIpc) is 3.02. The van der Waals surface area contributed by atoms with E-state index in [0.29, 0.717) is 0 Å². The Labute approximate surface area is 140 Å². The van der Waals surface area contributed by atoms with Gasteiger partial charge >= 0.3 is 0 Å². The number of benzene rings is 4. The fourth-order valence-electron chi connectivity index (χ4n) is 3.66. The number of hydrogen-bond acceptors (Lipinski definition) is 0. The number of rotatable bonds is 1. The molecule has 0 aliphatic heterocycles. The lowest BCUT2D eigenvalue weighted by Gasteiger charge is -2.09. The molecule has 1 aromatic heterocycles. The van der Waals surface area contributed by atoms with Gasteiger partial charge in [-0.2, -0.15) is 0 Å². The van der Waals surface area contributed by atoms with Gasteiger partial charge in [0.1, 0.15) is 0 Å². The molecule has 4 aromatic carbocycles. The number of aromatic amines is 1. The third kappa shape index (κ3) is 1.88. The normalized spacial score (nSPS) is 11.5. The second kappa shape index (κ2) is 4.97. The number of aryl methyl sites for hydroxylation is 1. The van der Waals surface area contributed by atoms with Gasteiger partial charge < -0.3 is 4.98 Å². The Balaban J connectivity index is 2.01. The van der Waals surface area contributed by atoms with Gasteiger partial charge in [0.2, 0.25) is 0 Å². The Kier molecular flexibility index (Phi) is 2.77. The molecule has 1 heteroatoms. The number of fused-ring (bicyclic) bond motifs is 5. The second-order valence-electron chi connectivity index (χ2n) is 6.43. The molecule has 5 rings (SSSR count). The van der Waals surface area contributed by atoms with Crippen molar-refractivity contribution >= 4 is 32.6 Å². The molecule has 0 saturated carbocycles. The molecule has 0 saturated heterocycles. The molecule has 0 spiro atoms. The maximum Gasteiger partial charge on any atom is 0.0550 e. The van der Waals surface area contributed by atoms with E-state index in [1.54, 1.807) is 0 Å². The molecule has 0 radical (unpaired) electrons. The van der Waals surface area contributed by atoms with E-state index < -0.39 is 0 Å². The van der Waals surface area contributed by atoms with Gasteiger partial charge in [0.25, 0.3) is 0 Å². The zero-order valence-electron chi connectivity index (χ0n) is 13.5. The summed E-state index contributed by atoms with van der Waals surface area (Å²) in [6.07, 6.45) is 0. The SMILES string of the molecule is Cc1ccc(-c2cc3ccccc3c3[nH]c4ccccc4c23)cc1. The quantitative estimate of drug-likeness (QED) is 0.366. The van der Waals surface area contributed by atoms with Gasteiger partial charge in [-0.1, -0.05) is 72.3 Å². The minimum absolute atomic E-state index is 1.19. The topological polar surface area (TPSA) is 15.8 Å². The predicted octanol–water partition coefficient (Wildman–Crippen LogP) is 6.45. The molecule has 1 N–H and O–H groups in total. The molecule has 0 fully saturated rings. The first-order valence-electron chi connectivity index (χ1n) is 8.30. The van der Waals surface area contributed by atoms with Crippen LogP contribution in [0.25, 0.3) is 43.7 Å². The van der Waals surface area contributed by atoms with Crippen molar-refractivity contribution in [3.63, 3.8) is 0 Å². The minimum Gasteiger partial charge on any atom is -0.354 e. The van der Waals surface area contributed by atoms with Crippen LogP contribution in [0.4, 0.5) is 0 Å². The van der Waals surface area contributed by atoms with Crippen LogP contribution in [-0.2, 0) is 0 Å². The number of hydrogen-bond donors (Lipinski definition) is 1. The zero-order chi connectivity index (χ0) is 16.1. The van der Waals surface area contributed by atoms with E-state index >= 15 is 0 Å². The monoisotopic (exact) mass is 307 g/mol. The van der Waals surface area contributed by atoms with Crippen LogP contribution < -0.4 is 0 Å². The summed E-state index contributed by atoms with van der Waals surface area (Å²) in [5, 5.41) is 5.15. The van der Waals surface area contributed by atoms with Crippen LogP contribution in [0, 0.1) is 6.92 Å². The van der Waals surface area contributed by atoms with Gasteiger partial charge in [-0.3, -0.25) is 0 Å². The van der Waals surface area contributed by atoms with E-state index in [9.17, 15) is 0 Å². The van der Waals surface area contributed by atoms with Crippen molar-refractivity contribution in [3.05, 3.63) is 84.4 Å². The van der Waals surface area contributed by atoms with Crippen LogP contribution in [0.15, 0.2) is 78.9 Å². The van der Waals surface area contributed by atoms with Crippen molar-refractivity contribution in [2.45, 2.75) is 6.92 Å². The van der Waals surface area contributed by atoms with E-state index in [1.165, 1.54) is 49.3 Å². The number of aromatic nitrogens is 1. The molecule has 24 heavy (non-hydrogen) atoms. The lowest BCUT2D eigenvalue weighted by Crippen LogP contribution is -1.83. The van der Waals surface area contributed by atoms with Crippen LogP contribution >= 0.6 is 0 Å². The van der Waals surface area contributed by atoms with Crippen LogP contribution in [0.1, 0.15) is 5.56 Å². The number of para-hydroxylation sites is 1. The van der Waals surface area contributed by atoms with Crippen LogP contribution in [0.3, 0.4) is 0 Å². The maximum absolute atomic E-state index is 3.64. The molecular weight excluding hydrogens is 290 g/mol. The largest absolute Gasteiger partial charge is 0.354 e. The summed E-state index contributed by atoms with van der Waals surface area (Å²) < 4.78 is 0. The summed E-state index contributed by atoms with van der Waals surface area (Å²) in [7, 11) is 0. The second-order valence-corrected chi connectivity index (χ2v) is 6.43. The first kappa shape index (κ1) is 13.4. The Hall–Kier alpha value is -3.06. The first-order valence-corrected chi connectivity index (χ1v) is 8.30. The van der Waals surface area contributed by atoms with E-state index in [0.717, 1.165) is 0 Å². The van der Waals surface area contributed by atoms with Gasteiger partial charge in [0.05, 0.1) is 5.52 Å². The molecule has 0 aliphatic rings. The highest BCUT2D eigenvalue weighted by Gasteiger charge is 2.13. The first-order chi connectivity index (χ1) is 11.8. The van der Waals surface area contributed by atoms with Crippen molar-refractivity contribution in [2.75, 3.05) is 0 Å². The third-order valence-electron chi connectivity index (χ3n) is 4.87. The summed E-state index contributed by atoms with van der Waals surface area (Å²) in [6.45, 7) is 2.13. The highest BCUT2D eigenvalue weighted by molar-refractivity contribution is 6.22. The van der Waals surface area contributed by atoms with Gasteiger partial charge in [-0.25, -0.2) is 0 Å². The van der Waals surface area contributed by atoms with Crippen molar-refractivity contribution in [3.8, 4) is 11.1 Å². The average molecular weight is 307 g/mol. The summed E-state index contributed by atoms with van der Waals surface area (Å²) in [5.74, 6) is 0. The summed E-state index contributed by atoms with van der Waals surface area (Å²) in [5.41, 5.74) is 6.26. The molecule has 5 aromatic rings. The van der Waals surface area contributed by atoms with Crippen LogP contribution in [0.5, 0.6) is 0 Å². The zero-order valence-corrected chi connectivity index (χ0v) is 13.5. The molecule has 0 amide bonds. The molecule has 0 atom stereocenters. The lowest BCUT2D eigenvalue weighted by molar-refractivity contribution is 1.47. The Morgan fingerprint density at radius 2 is 1.42 bits per heavy atom. The summed E-state index contributed by atoms with van der Waals surface area (Å²) >= 11 is 0. The van der Waals surface area contributed by atoms with E-state index in [1.807, 2.05) is 0 Å². The van der Waals surface area contributed by atoms with Gasteiger partial charge in [0.15, 0.2) is 0 Å². The fraction of sp³-hybridized carbons (Fsp3) is 0.0435. The molecule has 0 aliphatic carbocycles. The molecule has 0 bridgehead atoms. The standard InChI is InChI=1S/C23H17N/c1-15-10-12-16(13-11-15)20-14-17-6-2-3-7-18(17)23-22(20)19-8-4-5-9-21(19)24-23/h2-14,24H,1H3. The fourth-order valence-corrected chi connectivity index (χ4v) is 3.66. The van der Waals surface area contributed by atoms with Gasteiger partial charge in [0, 0.05) is 21.7 Å². The highest BCUT2D eigenvalue weighted by atomic mass is 14.7. The van der Waals surface area contributed by atoms with Crippen molar-refractivity contribution < 1.29 is 0 Å². The van der Waals surface area contributed by atoms with Gasteiger partial charge in [-0.05, 0) is 35.6 Å². The third-order valence-corrected chi connectivity index (χ3v) is 4.87. The minimum atomic E-state index is 1.19. The lowest BCUT2D eigenvalue weighted by atomic mass is 9.95. The van der Waals surface area contributed by atoms with E-state index in [4.69, 9.17) is 0 Å². The molecule has 1 nitrogen and oxygen atoms in total. The van der Waals surface area contributed by atoms with Crippen molar-refractivity contribution in [1.82, 2.24) is 4.98 Å². The van der Waals surface area contributed by atoms with Crippen LogP contribution in [0.2, 0.25) is 0 Å². The van der Waals surface area contributed by atoms with Crippen molar-refractivity contribution in [2.24, 2.45) is 0 Å². The number of H-pyrrole nitrogens is 1. The van der Waals surface area contributed by atoms with E-state index in [2.05, 4.69) is 90.8 Å². The van der Waals surface area contributed by atoms with Crippen LogP contribution in [-0.4, -0.2) is 4.98 Å². The van der Waals surface area contributed by atoms with Crippen molar-refractivity contribution in [1.29, 1.82) is 0 Å². The molecule has 0 unspecified atom stereocenters. The molecule has 1 heterocycles. The summed E-state index contributed by atoms with van der Waals surface area (Å²) in [6, 6.07) is 28.3. The molecular formula is C23H17N. The van der Waals surface area contributed by atoms with Gasteiger partial charge in [-0.15, -0.1) is 0 Å².